The van der Waals surface area contributed by atoms with Gasteiger partial charge in [0.1, 0.15) is 11.3 Å². The summed E-state index contributed by atoms with van der Waals surface area (Å²) in [6, 6.07) is 24.2. The quantitative estimate of drug-likeness (QED) is 0.465. The molecule has 24 heavy (non-hydrogen) atoms. The standard InChI is InChI=1S/C21H13ClO2/c22-16-12-10-15(11-13-16)21-19(14-6-2-1-3-7-14)20(23)17-8-4-5-9-18(17)24-21/h1-13H. The van der Waals surface area contributed by atoms with E-state index in [4.69, 9.17) is 16.0 Å². The maximum Gasteiger partial charge on any atom is 0.201 e. The third-order valence-corrected chi connectivity index (χ3v) is 4.22. The molecule has 0 aliphatic heterocycles. The minimum atomic E-state index is -0.0343. The lowest BCUT2D eigenvalue weighted by atomic mass is 9.98. The molecule has 0 aliphatic carbocycles. The molecule has 3 aromatic carbocycles. The first-order valence-corrected chi connectivity index (χ1v) is 7.99. The van der Waals surface area contributed by atoms with Gasteiger partial charge in [-0.3, -0.25) is 4.79 Å². The van der Waals surface area contributed by atoms with E-state index in [9.17, 15) is 4.79 Å². The largest absolute Gasteiger partial charge is 0.455 e. The Bertz CT molecular complexity index is 1060. The Balaban J connectivity index is 2.11. The molecule has 0 aliphatic rings. The van der Waals surface area contributed by atoms with Gasteiger partial charge >= 0.3 is 0 Å². The van der Waals surface area contributed by atoms with Crippen LogP contribution in [0.15, 0.2) is 88.1 Å². The molecule has 0 spiro atoms. The van der Waals surface area contributed by atoms with Crippen molar-refractivity contribution in [3.8, 4) is 22.5 Å². The van der Waals surface area contributed by atoms with Crippen LogP contribution in [0.3, 0.4) is 0 Å². The van der Waals surface area contributed by atoms with Crippen LogP contribution in [-0.2, 0) is 0 Å². The van der Waals surface area contributed by atoms with Crippen molar-refractivity contribution >= 4 is 22.6 Å². The van der Waals surface area contributed by atoms with E-state index in [1.165, 1.54) is 0 Å². The van der Waals surface area contributed by atoms with Crippen LogP contribution < -0.4 is 5.43 Å². The summed E-state index contributed by atoms with van der Waals surface area (Å²) in [5.74, 6) is 0.557. The molecule has 0 amide bonds. The lowest BCUT2D eigenvalue weighted by Gasteiger charge is -2.10. The lowest BCUT2D eigenvalue weighted by molar-refractivity contribution is 0.621. The highest BCUT2D eigenvalue weighted by Gasteiger charge is 2.17. The molecule has 1 aromatic heterocycles. The normalized spacial score (nSPS) is 10.9. The predicted molar refractivity (Wildman–Crippen MR) is 98.4 cm³/mol. The number of hydrogen-bond donors (Lipinski definition) is 0. The van der Waals surface area contributed by atoms with Gasteiger partial charge in [0.2, 0.25) is 5.43 Å². The van der Waals surface area contributed by atoms with Crippen molar-refractivity contribution in [1.82, 2.24) is 0 Å². The fourth-order valence-corrected chi connectivity index (χ4v) is 2.94. The maximum absolute atomic E-state index is 13.1. The minimum absolute atomic E-state index is 0.0343. The first kappa shape index (κ1) is 14.7. The summed E-state index contributed by atoms with van der Waals surface area (Å²) >= 11 is 5.99. The van der Waals surface area contributed by atoms with Crippen molar-refractivity contribution < 1.29 is 4.42 Å². The van der Waals surface area contributed by atoms with E-state index < -0.39 is 0 Å². The highest BCUT2D eigenvalue weighted by atomic mass is 35.5. The van der Waals surface area contributed by atoms with Gasteiger partial charge in [-0.15, -0.1) is 0 Å². The highest BCUT2D eigenvalue weighted by Crippen LogP contribution is 2.32. The topological polar surface area (TPSA) is 30.2 Å². The smallest absolute Gasteiger partial charge is 0.201 e. The second kappa shape index (κ2) is 5.99. The van der Waals surface area contributed by atoms with Crippen LogP contribution in [0.4, 0.5) is 0 Å². The van der Waals surface area contributed by atoms with Crippen LogP contribution >= 0.6 is 11.6 Å². The lowest BCUT2D eigenvalue weighted by Crippen LogP contribution is -2.07. The van der Waals surface area contributed by atoms with Crippen LogP contribution in [0.2, 0.25) is 5.02 Å². The van der Waals surface area contributed by atoms with Crippen LogP contribution in [0, 0.1) is 0 Å². The molecule has 3 heteroatoms. The van der Waals surface area contributed by atoms with Gasteiger partial charge in [-0.2, -0.15) is 0 Å². The molecule has 0 unspecified atom stereocenters. The molecule has 0 saturated heterocycles. The maximum atomic E-state index is 13.1. The summed E-state index contributed by atoms with van der Waals surface area (Å²) in [5, 5.41) is 1.22. The summed E-state index contributed by atoms with van der Waals surface area (Å²) in [4.78, 5) is 13.1. The molecular formula is C21H13ClO2. The molecule has 0 saturated carbocycles. The second-order valence-electron chi connectivity index (χ2n) is 5.50. The number of hydrogen-bond acceptors (Lipinski definition) is 2. The highest BCUT2D eigenvalue weighted by molar-refractivity contribution is 6.30. The van der Waals surface area contributed by atoms with Crippen LogP contribution in [0.5, 0.6) is 0 Å². The van der Waals surface area contributed by atoms with E-state index in [-0.39, 0.29) is 5.43 Å². The van der Waals surface area contributed by atoms with Gasteiger partial charge in [-0.1, -0.05) is 54.1 Å². The van der Waals surface area contributed by atoms with Crippen LogP contribution in [-0.4, -0.2) is 0 Å². The summed E-state index contributed by atoms with van der Waals surface area (Å²) in [6.07, 6.45) is 0. The number of fused-ring (bicyclic) bond motifs is 1. The first-order chi connectivity index (χ1) is 11.7. The summed E-state index contributed by atoms with van der Waals surface area (Å²) in [7, 11) is 0. The minimum Gasteiger partial charge on any atom is -0.455 e. The molecule has 4 rings (SSSR count). The monoisotopic (exact) mass is 332 g/mol. The molecule has 0 fully saturated rings. The van der Waals surface area contributed by atoms with Crippen molar-refractivity contribution in [2.75, 3.05) is 0 Å². The third-order valence-electron chi connectivity index (χ3n) is 3.97. The molecule has 2 nitrogen and oxygen atoms in total. The number of halogens is 1. The molecule has 0 radical (unpaired) electrons. The molecule has 0 bridgehead atoms. The van der Waals surface area contributed by atoms with Crippen molar-refractivity contribution in [2.45, 2.75) is 0 Å². The fraction of sp³-hybridized carbons (Fsp3) is 0. The van der Waals surface area contributed by atoms with Crippen molar-refractivity contribution in [3.05, 3.63) is 94.1 Å². The van der Waals surface area contributed by atoms with E-state index in [1.807, 2.05) is 60.7 Å². The van der Waals surface area contributed by atoms with E-state index in [2.05, 4.69) is 0 Å². The average Bonchev–Trinajstić information content (AvgIpc) is 2.63. The van der Waals surface area contributed by atoms with Gasteiger partial charge in [0.25, 0.3) is 0 Å². The Kier molecular flexibility index (Phi) is 3.68. The Hall–Kier alpha value is -2.84. The third kappa shape index (κ3) is 2.51. The van der Waals surface area contributed by atoms with Gasteiger partial charge in [-0.05, 0) is 42.0 Å². The molecule has 0 atom stereocenters. The number of benzene rings is 3. The summed E-state index contributed by atoms with van der Waals surface area (Å²) in [5.41, 5.74) is 2.76. The Morgan fingerprint density at radius 2 is 1.38 bits per heavy atom. The summed E-state index contributed by atoms with van der Waals surface area (Å²) < 4.78 is 6.11. The van der Waals surface area contributed by atoms with Crippen LogP contribution in [0.25, 0.3) is 33.4 Å². The van der Waals surface area contributed by atoms with Gasteiger partial charge in [-0.25, -0.2) is 0 Å². The van der Waals surface area contributed by atoms with E-state index in [0.717, 1.165) is 11.1 Å². The average molecular weight is 333 g/mol. The van der Waals surface area contributed by atoms with Gasteiger partial charge < -0.3 is 4.42 Å². The Labute approximate surface area is 143 Å². The number of para-hydroxylation sites is 1. The zero-order chi connectivity index (χ0) is 16.5. The van der Waals surface area contributed by atoms with Crippen molar-refractivity contribution in [1.29, 1.82) is 0 Å². The van der Waals surface area contributed by atoms with Gasteiger partial charge in [0.15, 0.2) is 0 Å². The molecule has 116 valence electrons. The molecule has 4 aromatic rings. The summed E-state index contributed by atoms with van der Waals surface area (Å²) in [6.45, 7) is 0. The molecular weight excluding hydrogens is 320 g/mol. The SMILES string of the molecule is O=c1c(-c2ccccc2)c(-c2ccc(Cl)cc2)oc2ccccc12. The molecule has 0 N–H and O–H groups in total. The van der Waals surface area contributed by atoms with Crippen molar-refractivity contribution in [2.24, 2.45) is 0 Å². The van der Waals surface area contributed by atoms with Crippen molar-refractivity contribution in [3.63, 3.8) is 0 Å². The Morgan fingerprint density at radius 3 is 2.12 bits per heavy atom. The van der Waals surface area contributed by atoms with E-state index in [1.54, 1.807) is 18.2 Å². The fourth-order valence-electron chi connectivity index (χ4n) is 2.81. The van der Waals surface area contributed by atoms with Crippen LogP contribution in [0.1, 0.15) is 0 Å². The van der Waals surface area contributed by atoms with E-state index >= 15 is 0 Å². The first-order valence-electron chi connectivity index (χ1n) is 7.61. The second-order valence-corrected chi connectivity index (χ2v) is 5.94. The zero-order valence-corrected chi connectivity index (χ0v) is 13.5. The predicted octanol–water partition coefficient (Wildman–Crippen LogP) is 5.78. The van der Waals surface area contributed by atoms with Gasteiger partial charge in [0, 0.05) is 10.6 Å². The molecule has 1 heterocycles. The van der Waals surface area contributed by atoms with Gasteiger partial charge in [0.05, 0.1) is 10.9 Å². The zero-order valence-electron chi connectivity index (χ0n) is 12.7. The Morgan fingerprint density at radius 1 is 0.708 bits per heavy atom. The van der Waals surface area contributed by atoms with E-state index in [0.29, 0.717) is 27.3 Å². The number of rotatable bonds is 2.